The maximum absolute atomic E-state index is 12.8. The van der Waals surface area contributed by atoms with Crippen molar-refractivity contribution in [3.8, 4) is 28.7 Å². The van der Waals surface area contributed by atoms with Gasteiger partial charge in [-0.1, -0.05) is 6.07 Å². The van der Waals surface area contributed by atoms with Gasteiger partial charge in [0.15, 0.2) is 17.3 Å². The number of phenols is 4. The van der Waals surface area contributed by atoms with Crippen molar-refractivity contribution in [2.24, 2.45) is 0 Å². The normalized spacial score (nSPS) is 29.9. The first-order chi connectivity index (χ1) is 15.1. The van der Waals surface area contributed by atoms with E-state index in [9.17, 15) is 45.6 Å². The molecule has 0 saturated carbocycles. The molecular weight excluding hydrogens is 428 g/mol. The number of aliphatic hydroxyl groups is 4. The molecule has 6 atom stereocenters. The number of aromatic hydroxyl groups is 4. The fourth-order valence-corrected chi connectivity index (χ4v) is 4.03. The lowest BCUT2D eigenvalue weighted by Crippen LogP contribution is -2.55. The first kappa shape index (κ1) is 22.1. The van der Waals surface area contributed by atoms with Crippen LogP contribution in [0.2, 0.25) is 0 Å². The second kappa shape index (κ2) is 8.11. The number of rotatable bonds is 3. The summed E-state index contributed by atoms with van der Waals surface area (Å²) in [5.41, 5.74) is -0.244. The Morgan fingerprint density at radius 3 is 2.25 bits per heavy atom. The molecule has 32 heavy (non-hydrogen) atoms. The van der Waals surface area contributed by atoms with Gasteiger partial charge in [0, 0.05) is 6.07 Å². The molecule has 2 aliphatic rings. The van der Waals surface area contributed by atoms with Crippen LogP contribution in [0.4, 0.5) is 0 Å². The third-order valence-corrected chi connectivity index (χ3v) is 5.74. The predicted molar refractivity (Wildman–Crippen MR) is 105 cm³/mol. The number of Topliss-reactive ketones (excluding diaryl/α,β-unsaturated/α-hetero) is 1. The van der Waals surface area contributed by atoms with E-state index in [0.717, 1.165) is 6.07 Å². The van der Waals surface area contributed by atoms with Crippen molar-refractivity contribution in [1.29, 1.82) is 0 Å². The van der Waals surface area contributed by atoms with Crippen LogP contribution in [-0.2, 0) is 4.74 Å². The topological polar surface area (TPSA) is 197 Å². The lowest BCUT2D eigenvalue weighted by Gasteiger charge is -2.41. The van der Waals surface area contributed by atoms with Crippen molar-refractivity contribution in [2.75, 3.05) is 6.61 Å². The van der Waals surface area contributed by atoms with Gasteiger partial charge in [0.1, 0.15) is 59.4 Å². The molecule has 0 aromatic heterocycles. The standard InChI is InChI=1S/C21H22O11/c22-6-14-17(28)18(29)19(30)21(32-14)16-11(26)4-10(25)15-12(27)5-13(31-20(15)16)7-1-2-8(23)9(24)3-7/h1-4,13-14,17-19,21-26,28-30H,5-6H2/t13-,14-,17+,18-,19+,21-/m0/s1. The highest BCUT2D eigenvalue weighted by Crippen LogP contribution is 2.50. The van der Waals surface area contributed by atoms with Gasteiger partial charge in [0.25, 0.3) is 0 Å². The van der Waals surface area contributed by atoms with Crippen LogP contribution in [0.25, 0.3) is 0 Å². The van der Waals surface area contributed by atoms with Gasteiger partial charge in [-0.3, -0.25) is 4.79 Å². The largest absolute Gasteiger partial charge is 0.507 e. The molecule has 4 rings (SSSR count). The Labute approximate surface area is 181 Å². The molecule has 2 heterocycles. The van der Waals surface area contributed by atoms with E-state index in [-0.39, 0.29) is 29.0 Å². The number of fused-ring (bicyclic) bond motifs is 1. The molecule has 1 saturated heterocycles. The zero-order valence-corrected chi connectivity index (χ0v) is 16.5. The molecular formula is C21H22O11. The number of ether oxygens (including phenoxy) is 2. The van der Waals surface area contributed by atoms with Crippen molar-refractivity contribution < 1.29 is 55.1 Å². The SMILES string of the molecule is O=C1C[C@@H](c2ccc(O)c(O)c2)Oc2c1c(O)cc(O)c2[C@@H]1O[C@@H](CO)[C@@H](O)[C@H](O)[C@H]1O. The first-order valence-corrected chi connectivity index (χ1v) is 9.75. The number of hydrogen-bond donors (Lipinski definition) is 8. The highest BCUT2D eigenvalue weighted by atomic mass is 16.5. The summed E-state index contributed by atoms with van der Waals surface area (Å²) in [4.78, 5) is 12.8. The van der Waals surface area contributed by atoms with E-state index in [1.807, 2.05) is 0 Å². The molecule has 8 N–H and O–H groups in total. The van der Waals surface area contributed by atoms with Crippen molar-refractivity contribution in [3.63, 3.8) is 0 Å². The van der Waals surface area contributed by atoms with Gasteiger partial charge >= 0.3 is 0 Å². The molecule has 2 aliphatic heterocycles. The predicted octanol–water partition coefficient (Wildman–Crippen LogP) is -0.270. The van der Waals surface area contributed by atoms with Gasteiger partial charge in [-0.05, 0) is 17.7 Å². The van der Waals surface area contributed by atoms with Gasteiger partial charge in [-0.25, -0.2) is 0 Å². The summed E-state index contributed by atoms with van der Waals surface area (Å²) in [5, 5.41) is 80.2. The molecule has 11 heteroatoms. The zero-order chi connectivity index (χ0) is 23.3. The van der Waals surface area contributed by atoms with Gasteiger partial charge in [-0.15, -0.1) is 0 Å². The van der Waals surface area contributed by atoms with Crippen LogP contribution >= 0.6 is 0 Å². The summed E-state index contributed by atoms with van der Waals surface area (Å²) in [5.74, 6) is -2.92. The summed E-state index contributed by atoms with van der Waals surface area (Å²) in [7, 11) is 0. The minimum absolute atomic E-state index is 0.246. The Morgan fingerprint density at radius 1 is 0.875 bits per heavy atom. The van der Waals surface area contributed by atoms with Crippen molar-refractivity contribution >= 4 is 5.78 Å². The number of ketones is 1. The Hall–Kier alpha value is -3.09. The van der Waals surface area contributed by atoms with Crippen molar-refractivity contribution in [1.82, 2.24) is 0 Å². The lowest BCUT2D eigenvalue weighted by atomic mass is 9.87. The third-order valence-electron chi connectivity index (χ3n) is 5.74. The average molecular weight is 450 g/mol. The van der Waals surface area contributed by atoms with Gasteiger partial charge in [0.05, 0.1) is 18.6 Å². The lowest BCUT2D eigenvalue weighted by molar-refractivity contribution is -0.232. The summed E-state index contributed by atoms with van der Waals surface area (Å²) in [6.07, 6.45) is -9.22. The molecule has 11 nitrogen and oxygen atoms in total. The second-order valence-electron chi connectivity index (χ2n) is 7.76. The molecule has 0 bridgehead atoms. The minimum Gasteiger partial charge on any atom is -0.507 e. The highest BCUT2D eigenvalue weighted by molar-refractivity contribution is 6.03. The fourth-order valence-electron chi connectivity index (χ4n) is 4.03. The molecule has 0 radical (unpaired) electrons. The van der Waals surface area contributed by atoms with Crippen LogP contribution in [0, 0.1) is 0 Å². The van der Waals surface area contributed by atoms with Crippen molar-refractivity contribution in [3.05, 3.63) is 41.0 Å². The number of carbonyl (C=O) groups excluding carboxylic acids is 1. The maximum atomic E-state index is 12.8. The minimum atomic E-state index is -1.77. The molecule has 0 spiro atoms. The van der Waals surface area contributed by atoms with E-state index in [1.54, 1.807) is 0 Å². The Morgan fingerprint density at radius 2 is 1.59 bits per heavy atom. The van der Waals surface area contributed by atoms with E-state index < -0.39 is 66.3 Å². The van der Waals surface area contributed by atoms with E-state index in [0.29, 0.717) is 5.56 Å². The van der Waals surface area contributed by atoms with Gasteiger partial charge < -0.3 is 50.3 Å². The first-order valence-electron chi connectivity index (χ1n) is 9.75. The van der Waals surface area contributed by atoms with Crippen LogP contribution in [0.5, 0.6) is 28.7 Å². The van der Waals surface area contributed by atoms with Gasteiger partial charge in [0.2, 0.25) is 0 Å². The Bertz CT molecular complexity index is 1050. The molecule has 0 aliphatic carbocycles. The second-order valence-corrected chi connectivity index (χ2v) is 7.76. The molecule has 2 aromatic rings. The maximum Gasteiger partial charge on any atom is 0.174 e. The van der Waals surface area contributed by atoms with Crippen LogP contribution in [0.1, 0.15) is 40.1 Å². The molecule has 172 valence electrons. The monoisotopic (exact) mass is 450 g/mol. The fraction of sp³-hybridized carbons (Fsp3) is 0.381. The summed E-state index contributed by atoms with van der Waals surface area (Å²) < 4.78 is 11.4. The van der Waals surface area contributed by atoms with Crippen LogP contribution in [0.15, 0.2) is 24.3 Å². The molecule has 2 aromatic carbocycles. The molecule has 0 amide bonds. The zero-order valence-electron chi connectivity index (χ0n) is 16.5. The average Bonchev–Trinajstić information content (AvgIpc) is 2.74. The van der Waals surface area contributed by atoms with E-state index in [4.69, 9.17) is 9.47 Å². The molecule has 1 fully saturated rings. The van der Waals surface area contributed by atoms with Crippen LogP contribution in [0.3, 0.4) is 0 Å². The highest BCUT2D eigenvalue weighted by Gasteiger charge is 2.47. The van der Waals surface area contributed by atoms with Gasteiger partial charge in [-0.2, -0.15) is 0 Å². The van der Waals surface area contributed by atoms with Crippen LogP contribution in [-0.4, -0.2) is 77.7 Å². The van der Waals surface area contributed by atoms with E-state index in [1.165, 1.54) is 18.2 Å². The molecule has 0 unspecified atom stereocenters. The number of benzene rings is 2. The van der Waals surface area contributed by atoms with E-state index >= 15 is 0 Å². The third kappa shape index (κ3) is 3.49. The quantitative estimate of drug-likeness (QED) is 0.287. The number of carbonyl (C=O) groups is 1. The Balaban J connectivity index is 1.82. The van der Waals surface area contributed by atoms with Crippen LogP contribution < -0.4 is 4.74 Å². The summed E-state index contributed by atoms with van der Waals surface area (Å²) >= 11 is 0. The number of phenolic OH excluding ortho intramolecular Hbond substituents is 4. The number of aliphatic hydroxyl groups excluding tert-OH is 4. The summed E-state index contributed by atoms with van der Waals surface area (Å²) in [6.45, 7) is -0.711. The Kier molecular flexibility index (Phi) is 5.61. The number of hydrogen-bond acceptors (Lipinski definition) is 11. The van der Waals surface area contributed by atoms with Crippen molar-refractivity contribution in [2.45, 2.75) is 43.0 Å². The summed E-state index contributed by atoms with van der Waals surface area (Å²) in [6, 6.07) is 4.67. The van der Waals surface area contributed by atoms with E-state index in [2.05, 4.69) is 0 Å². The smallest absolute Gasteiger partial charge is 0.174 e.